The normalized spacial score (nSPS) is 24.4. The molecule has 2 saturated heterocycles. The van der Waals surface area contributed by atoms with Gasteiger partial charge in [0.1, 0.15) is 0 Å². The van der Waals surface area contributed by atoms with E-state index in [1.807, 2.05) is 48.5 Å². The summed E-state index contributed by atoms with van der Waals surface area (Å²) in [6, 6.07) is 20.4. The second-order valence-electron chi connectivity index (χ2n) is 8.16. The number of benzene rings is 3. The number of carbonyl (C=O) groups is 3. The minimum absolute atomic E-state index is 0.0702. The van der Waals surface area contributed by atoms with Crippen LogP contribution in [0.3, 0.4) is 0 Å². The van der Waals surface area contributed by atoms with Crippen LogP contribution in [0.15, 0.2) is 66.7 Å². The van der Waals surface area contributed by atoms with Crippen molar-refractivity contribution in [1.82, 2.24) is 16.0 Å². The smallest absolute Gasteiger partial charge is 0.229 e. The third-order valence-electron chi connectivity index (χ3n) is 5.97. The molecule has 168 valence electrons. The van der Waals surface area contributed by atoms with Crippen molar-refractivity contribution in [2.75, 3.05) is 10.6 Å². The van der Waals surface area contributed by atoms with Crippen molar-refractivity contribution in [2.24, 2.45) is 11.8 Å². The number of rotatable bonds is 4. The number of hydrogen-bond acceptors (Lipinski definition) is 5. The Morgan fingerprint density at radius 1 is 0.970 bits per heavy atom. The van der Waals surface area contributed by atoms with Gasteiger partial charge < -0.3 is 21.3 Å². The Kier molecular flexibility index (Phi) is 5.62. The number of nitrogens with one attached hydrogen (secondary N) is 5. The molecule has 0 spiro atoms. The number of halogens is 1. The van der Waals surface area contributed by atoms with Gasteiger partial charge in [-0.3, -0.25) is 19.7 Å². The first-order valence-corrected chi connectivity index (χ1v) is 11.0. The van der Waals surface area contributed by atoms with Gasteiger partial charge in [-0.25, -0.2) is 0 Å². The van der Waals surface area contributed by atoms with E-state index >= 15 is 0 Å². The maximum Gasteiger partial charge on any atom is 0.229 e. The number of anilines is 2. The average molecular weight is 464 g/mol. The molecule has 2 aliphatic rings. The highest BCUT2D eigenvalue weighted by atomic mass is 35.5. The fourth-order valence-corrected chi connectivity index (χ4v) is 4.65. The molecular formula is C24H22ClN5O3. The van der Waals surface area contributed by atoms with Gasteiger partial charge in [-0.1, -0.05) is 54.1 Å². The van der Waals surface area contributed by atoms with Crippen LogP contribution in [0.5, 0.6) is 0 Å². The lowest BCUT2D eigenvalue weighted by Crippen LogP contribution is -2.72. The van der Waals surface area contributed by atoms with Crippen molar-refractivity contribution >= 4 is 51.5 Å². The summed E-state index contributed by atoms with van der Waals surface area (Å²) < 4.78 is 0. The maximum absolute atomic E-state index is 13.2. The van der Waals surface area contributed by atoms with E-state index in [-0.39, 0.29) is 24.1 Å². The molecule has 0 bridgehead atoms. The Hall–Kier alpha value is -3.62. The largest absolute Gasteiger partial charge is 0.353 e. The first-order valence-electron chi connectivity index (χ1n) is 10.6. The molecule has 4 unspecified atom stereocenters. The SMILES string of the molecule is O=C1CC(C(=O)Nc2cccc3ccccc23)C2C(=O)NC(Nc3cccc(Cl)c3)NC2N1. The Labute approximate surface area is 195 Å². The van der Waals surface area contributed by atoms with Crippen LogP contribution in [0.25, 0.3) is 10.8 Å². The summed E-state index contributed by atoms with van der Waals surface area (Å²) in [5.74, 6) is -2.55. The first-order chi connectivity index (χ1) is 16.0. The molecule has 5 N–H and O–H groups in total. The first kappa shape index (κ1) is 21.2. The van der Waals surface area contributed by atoms with Crippen molar-refractivity contribution in [3.63, 3.8) is 0 Å². The van der Waals surface area contributed by atoms with E-state index in [0.717, 1.165) is 10.8 Å². The maximum atomic E-state index is 13.2. The van der Waals surface area contributed by atoms with Gasteiger partial charge in [0.2, 0.25) is 17.7 Å². The fourth-order valence-electron chi connectivity index (χ4n) is 4.46. The van der Waals surface area contributed by atoms with Crippen molar-refractivity contribution < 1.29 is 14.4 Å². The molecule has 2 heterocycles. The van der Waals surface area contributed by atoms with E-state index in [1.54, 1.807) is 18.2 Å². The van der Waals surface area contributed by atoms with Crippen molar-refractivity contribution in [1.29, 1.82) is 0 Å². The van der Waals surface area contributed by atoms with E-state index in [0.29, 0.717) is 16.4 Å². The van der Waals surface area contributed by atoms with Crippen molar-refractivity contribution in [3.05, 3.63) is 71.8 Å². The van der Waals surface area contributed by atoms with Gasteiger partial charge in [-0.05, 0) is 29.7 Å². The number of piperidine rings is 1. The molecule has 3 amide bonds. The summed E-state index contributed by atoms with van der Waals surface area (Å²) in [5.41, 5.74) is 1.34. The van der Waals surface area contributed by atoms with Gasteiger partial charge in [0.15, 0.2) is 6.29 Å². The van der Waals surface area contributed by atoms with E-state index in [4.69, 9.17) is 11.6 Å². The highest BCUT2D eigenvalue weighted by Crippen LogP contribution is 2.30. The third kappa shape index (κ3) is 4.35. The standard InChI is InChI=1S/C24H22ClN5O3/c25-14-7-4-8-15(11-14)26-24-29-21-20(23(33)30-24)17(12-19(31)28-21)22(32)27-18-10-3-6-13-5-1-2-9-16(13)18/h1-11,17,20-21,24,26,29H,12H2,(H,27,32)(H,28,31)(H,30,33). The number of hydrogen-bond donors (Lipinski definition) is 5. The highest BCUT2D eigenvalue weighted by molar-refractivity contribution is 6.30. The lowest BCUT2D eigenvalue weighted by Gasteiger charge is -2.43. The molecule has 2 aliphatic heterocycles. The number of amides is 3. The third-order valence-corrected chi connectivity index (χ3v) is 6.20. The molecule has 9 heteroatoms. The van der Waals surface area contributed by atoms with Gasteiger partial charge >= 0.3 is 0 Å². The molecule has 8 nitrogen and oxygen atoms in total. The Morgan fingerprint density at radius 2 is 1.76 bits per heavy atom. The predicted molar refractivity (Wildman–Crippen MR) is 126 cm³/mol. The van der Waals surface area contributed by atoms with Gasteiger partial charge in [-0.2, -0.15) is 0 Å². The highest BCUT2D eigenvalue weighted by Gasteiger charge is 2.48. The lowest BCUT2D eigenvalue weighted by molar-refractivity contribution is -0.144. The van der Waals surface area contributed by atoms with Crippen LogP contribution < -0.4 is 26.6 Å². The lowest BCUT2D eigenvalue weighted by atomic mass is 9.81. The zero-order valence-corrected chi connectivity index (χ0v) is 18.2. The van der Waals surface area contributed by atoms with E-state index < -0.39 is 24.3 Å². The van der Waals surface area contributed by atoms with E-state index in [2.05, 4.69) is 26.6 Å². The van der Waals surface area contributed by atoms with Gasteiger partial charge in [0.25, 0.3) is 0 Å². The predicted octanol–water partition coefficient (Wildman–Crippen LogP) is 2.63. The van der Waals surface area contributed by atoms with Crippen molar-refractivity contribution in [2.45, 2.75) is 18.9 Å². The summed E-state index contributed by atoms with van der Waals surface area (Å²) in [6.45, 7) is 0. The van der Waals surface area contributed by atoms with Crippen LogP contribution in [-0.2, 0) is 14.4 Å². The zero-order valence-electron chi connectivity index (χ0n) is 17.5. The number of carbonyl (C=O) groups excluding carboxylic acids is 3. The minimum Gasteiger partial charge on any atom is -0.353 e. The zero-order chi connectivity index (χ0) is 22.9. The van der Waals surface area contributed by atoms with Crippen LogP contribution in [-0.4, -0.2) is 30.2 Å². The summed E-state index contributed by atoms with van der Waals surface area (Å²) in [5, 5.41) is 17.3. The summed E-state index contributed by atoms with van der Waals surface area (Å²) in [4.78, 5) is 38.7. The van der Waals surface area contributed by atoms with E-state index in [9.17, 15) is 14.4 Å². The van der Waals surface area contributed by atoms with Gasteiger partial charge in [0.05, 0.1) is 18.0 Å². The average Bonchev–Trinajstić information content (AvgIpc) is 2.78. The van der Waals surface area contributed by atoms with Crippen LogP contribution in [0.2, 0.25) is 5.02 Å². The molecule has 3 aromatic carbocycles. The molecule has 0 radical (unpaired) electrons. The van der Waals surface area contributed by atoms with Crippen LogP contribution in [0.4, 0.5) is 11.4 Å². The molecule has 5 rings (SSSR count). The molecule has 4 atom stereocenters. The van der Waals surface area contributed by atoms with Gasteiger partial charge in [0, 0.05) is 28.2 Å². The summed E-state index contributed by atoms with van der Waals surface area (Å²) in [6.07, 6.45) is -1.41. The second-order valence-corrected chi connectivity index (χ2v) is 8.60. The quantitative estimate of drug-likeness (QED) is 0.408. The molecule has 0 aliphatic carbocycles. The monoisotopic (exact) mass is 463 g/mol. The Balaban J connectivity index is 1.34. The Morgan fingerprint density at radius 3 is 2.61 bits per heavy atom. The molecule has 2 fully saturated rings. The van der Waals surface area contributed by atoms with Crippen molar-refractivity contribution in [3.8, 4) is 0 Å². The van der Waals surface area contributed by atoms with Crippen LogP contribution >= 0.6 is 11.6 Å². The molecule has 0 saturated carbocycles. The van der Waals surface area contributed by atoms with Gasteiger partial charge in [-0.15, -0.1) is 0 Å². The molecule has 3 aromatic rings. The summed E-state index contributed by atoms with van der Waals surface area (Å²) >= 11 is 6.03. The number of fused-ring (bicyclic) bond motifs is 2. The van der Waals surface area contributed by atoms with Crippen LogP contribution in [0.1, 0.15) is 6.42 Å². The molecular weight excluding hydrogens is 442 g/mol. The molecule has 33 heavy (non-hydrogen) atoms. The van der Waals surface area contributed by atoms with E-state index in [1.165, 1.54) is 0 Å². The van der Waals surface area contributed by atoms with Crippen LogP contribution in [0, 0.1) is 11.8 Å². The fraction of sp³-hybridized carbons (Fsp3) is 0.208. The minimum atomic E-state index is -0.817. The second kappa shape index (κ2) is 8.73. The summed E-state index contributed by atoms with van der Waals surface area (Å²) in [7, 11) is 0. The topological polar surface area (TPSA) is 111 Å². The Bertz CT molecular complexity index is 1240. The molecule has 0 aromatic heterocycles.